The molecule has 0 aliphatic rings. The van der Waals surface area contributed by atoms with Crippen LogP contribution in [0.2, 0.25) is 33.2 Å². The zero-order chi connectivity index (χ0) is 17.7. The third-order valence-corrected chi connectivity index (χ3v) is 20.8. The van der Waals surface area contributed by atoms with Crippen molar-refractivity contribution in [2.75, 3.05) is 0 Å². The first kappa shape index (κ1) is 21.4. The maximum Gasteiger partial charge on any atom is 0.187 e. The second-order valence-electron chi connectivity index (χ2n) is 11.2. The standard InChI is InChI=1S/C18H42OSi2/c1-15(2,3)20(13,16(4,5)6)19-21(14,17(7,8)9)18(10,11)12/h1-14H3. The Morgan fingerprint density at radius 1 is 0.429 bits per heavy atom. The highest BCUT2D eigenvalue weighted by atomic mass is 28.4. The fraction of sp³-hybridized carbons (Fsp3) is 1.00. The van der Waals surface area contributed by atoms with Crippen LogP contribution in [0.15, 0.2) is 0 Å². The van der Waals surface area contributed by atoms with Gasteiger partial charge in [-0.15, -0.1) is 0 Å². The molecule has 0 aromatic carbocycles. The molecule has 0 saturated carbocycles. The predicted molar refractivity (Wildman–Crippen MR) is 103 cm³/mol. The van der Waals surface area contributed by atoms with Gasteiger partial charge in [0.15, 0.2) is 16.6 Å². The first-order chi connectivity index (χ1) is 8.71. The van der Waals surface area contributed by atoms with Crippen LogP contribution in [0.5, 0.6) is 0 Å². The van der Waals surface area contributed by atoms with Gasteiger partial charge in [-0.1, -0.05) is 83.1 Å². The molecular weight excluding hydrogens is 288 g/mol. The average Bonchev–Trinajstić information content (AvgIpc) is 2.09. The molecule has 0 fully saturated rings. The van der Waals surface area contributed by atoms with E-state index >= 15 is 0 Å². The quantitative estimate of drug-likeness (QED) is 0.481. The molecule has 0 unspecified atom stereocenters. The highest BCUT2D eigenvalue weighted by Crippen LogP contribution is 2.59. The van der Waals surface area contributed by atoms with E-state index in [0.717, 1.165) is 0 Å². The van der Waals surface area contributed by atoms with Gasteiger partial charge in [-0.2, -0.15) is 0 Å². The summed E-state index contributed by atoms with van der Waals surface area (Å²) in [6, 6.07) is 0. The summed E-state index contributed by atoms with van der Waals surface area (Å²) in [4.78, 5) is 0. The molecule has 0 radical (unpaired) electrons. The Labute approximate surface area is 137 Å². The SMILES string of the molecule is CC(C)(C)[Si](C)(O[Si](C)(C(C)(C)C)C(C)(C)C)C(C)(C)C. The zero-order valence-corrected chi connectivity index (χ0v) is 19.4. The first-order valence-electron chi connectivity index (χ1n) is 8.41. The molecule has 21 heavy (non-hydrogen) atoms. The van der Waals surface area contributed by atoms with E-state index < -0.39 is 16.6 Å². The molecule has 128 valence electrons. The average molecular weight is 331 g/mol. The lowest BCUT2D eigenvalue weighted by molar-refractivity contribution is 0.368. The highest BCUT2D eigenvalue weighted by molar-refractivity contribution is 6.91. The number of rotatable bonds is 2. The van der Waals surface area contributed by atoms with Crippen molar-refractivity contribution in [2.24, 2.45) is 0 Å². The summed E-state index contributed by atoms with van der Waals surface area (Å²) in [6.07, 6.45) is 0. The second kappa shape index (κ2) is 5.49. The fourth-order valence-electron chi connectivity index (χ4n) is 3.27. The van der Waals surface area contributed by atoms with Crippen LogP contribution in [0.4, 0.5) is 0 Å². The third-order valence-electron chi connectivity index (χ3n) is 6.13. The van der Waals surface area contributed by atoms with Gasteiger partial charge in [-0.05, 0) is 33.2 Å². The van der Waals surface area contributed by atoms with Crippen LogP contribution in [-0.2, 0) is 4.12 Å². The van der Waals surface area contributed by atoms with E-state index in [9.17, 15) is 0 Å². The lowest BCUT2D eigenvalue weighted by Gasteiger charge is -2.59. The molecule has 0 amide bonds. The lowest BCUT2D eigenvalue weighted by atomic mass is 10.2. The van der Waals surface area contributed by atoms with E-state index in [1.165, 1.54) is 0 Å². The molecule has 3 heteroatoms. The summed E-state index contributed by atoms with van der Waals surface area (Å²) in [5, 5.41) is 0.929. The summed E-state index contributed by atoms with van der Waals surface area (Å²) >= 11 is 0. The van der Waals surface area contributed by atoms with Crippen molar-refractivity contribution >= 4 is 16.6 Å². The van der Waals surface area contributed by atoms with Crippen LogP contribution in [0.1, 0.15) is 83.1 Å². The van der Waals surface area contributed by atoms with Gasteiger partial charge in [0.05, 0.1) is 0 Å². The Bertz CT molecular complexity index is 295. The van der Waals surface area contributed by atoms with Crippen LogP contribution >= 0.6 is 0 Å². The largest absolute Gasteiger partial charge is 0.454 e. The second-order valence-corrected chi connectivity index (χ2v) is 22.1. The van der Waals surface area contributed by atoms with E-state index in [-0.39, 0.29) is 20.2 Å². The molecule has 0 saturated heterocycles. The van der Waals surface area contributed by atoms with Crippen LogP contribution in [-0.4, -0.2) is 16.6 Å². The monoisotopic (exact) mass is 330 g/mol. The van der Waals surface area contributed by atoms with Gasteiger partial charge >= 0.3 is 0 Å². The van der Waals surface area contributed by atoms with Crippen LogP contribution < -0.4 is 0 Å². The molecule has 0 aliphatic heterocycles. The predicted octanol–water partition coefficient (Wildman–Crippen LogP) is 7.35. The summed E-state index contributed by atoms with van der Waals surface area (Å²) in [6.45, 7) is 33.5. The van der Waals surface area contributed by atoms with Gasteiger partial charge in [0.2, 0.25) is 0 Å². The van der Waals surface area contributed by atoms with Gasteiger partial charge in [0, 0.05) is 0 Å². The van der Waals surface area contributed by atoms with Gasteiger partial charge in [-0.3, -0.25) is 0 Å². The van der Waals surface area contributed by atoms with Crippen molar-refractivity contribution in [3.63, 3.8) is 0 Å². The maximum atomic E-state index is 7.36. The van der Waals surface area contributed by atoms with Crippen molar-refractivity contribution < 1.29 is 4.12 Å². The van der Waals surface area contributed by atoms with Gasteiger partial charge in [0.25, 0.3) is 0 Å². The molecule has 0 bridgehead atoms. The van der Waals surface area contributed by atoms with Crippen LogP contribution in [0, 0.1) is 0 Å². The van der Waals surface area contributed by atoms with Crippen molar-refractivity contribution in [1.82, 2.24) is 0 Å². The Hall–Kier alpha value is 0.394. The van der Waals surface area contributed by atoms with Crippen molar-refractivity contribution in [1.29, 1.82) is 0 Å². The molecule has 0 spiro atoms. The molecule has 0 heterocycles. The van der Waals surface area contributed by atoms with Crippen molar-refractivity contribution in [3.8, 4) is 0 Å². The summed E-state index contributed by atoms with van der Waals surface area (Å²) in [7, 11) is -3.89. The molecule has 1 nitrogen and oxygen atoms in total. The molecule has 0 atom stereocenters. The van der Waals surface area contributed by atoms with Gasteiger partial charge in [0.1, 0.15) is 0 Å². The van der Waals surface area contributed by atoms with Crippen LogP contribution in [0.25, 0.3) is 0 Å². The third kappa shape index (κ3) is 3.84. The van der Waals surface area contributed by atoms with E-state index in [4.69, 9.17) is 4.12 Å². The van der Waals surface area contributed by atoms with Crippen molar-refractivity contribution in [2.45, 2.75) is 116 Å². The molecule has 0 N–H and O–H groups in total. The lowest BCUT2D eigenvalue weighted by Crippen LogP contribution is -2.64. The topological polar surface area (TPSA) is 9.23 Å². The molecule has 0 aromatic heterocycles. The minimum atomic E-state index is -1.95. The normalized spacial score (nSPS) is 16.3. The maximum absolute atomic E-state index is 7.36. The minimum Gasteiger partial charge on any atom is -0.454 e. The van der Waals surface area contributed by atoms with Gasteiger partial charge in [-0.25, -0.2) is 0 Å². The molecular formula is C18H42OSi2. The van der Waals surface area contributed by atoms with E-state index in [0.29, 0.717) is 0 Å². The summed E-state index contributed by atoms with van der Waals surface area (Å²) in [5.74, 6) is 0. The Morgan fingerprint density at radius 3 is 0.667 bits per heavy atom. The smallest absolute Gasteiger partial charge is 0.187 e. The first-order valence-corrected chi connectivity index (χ1v) is 13.2. The van der Waals surface area contributed by atoms with Gasteiger partial charge < -0.3 is 4.12 Å². The zero-order valence-electron chi connectivity index (χ0n) is 17.4. The summed E-state index contributed by atoms with van der Waals surface area (Å²) in [5.41, 5.74) is 0. The van der Waals surface area contributed by atoms with Crippen LogP contribution in [0.3, 0.4) is 0 Å². The molecule has 0 rings (SSSR count). The Kier molecular flexibility index (Phi) is 5.59. The van der Waals surface area contributed by atoms with E-state index in [1.54, 1.807) is 0 Å². The number of hydrogen-bond acceptors (Lipinski definition) is 1. The fourth-order valence-corrected chi connectivity index (χ4v) is 15.9. The molecule has 0 aliphatic carbocycles. The van der Waals surface area contributed by atoms with Crippen molar-refractivity contribution in [3.05, 3.63) is 0 Å². The highest BCUT2D eigenvalue weighted by Gasteiger charge is 2.60. The minimum absolute atomic E-state index is 0.232. The summed E-state index contributed by atoms with van der Waals surface area (Å²) < 4.78 is 7.36. The molecule has 0 aromatic rings. The number of hydrogen-bond donors (Lipinski definition) is 0. The van der Waals surface area contributed by atoms with E-state index in [2.05, 4.69) is 96.2 Å². The van der Waals surface area contributed by atoms with E-state index in [1.807, 2.05) is 0 Å². The Balaban J connectivity index is 6.15. The Morgan fingerprint density at radius 2 is 0.571 bits per heavy atom.